The Morgan fingerprint density at radius 3 is 2.95 bits per heavy atom. The highest BCUT2D eigenvalue weighted by Gasteiger charge is 2.23. The fourth-order valence-electron chi connectivity index (χ4n) is 2.95. The maximum atomic E-state index is 9.84. The Bertz CT molecular complexity index is 624. The highest BCUT2D eigenvalue weighted by molar-refractivity contribution is 5.44. The zero-order valence-corrected chi connectivity index (χ0v) is 12.3. The number of benzene rings is 2. The Hall–Kier alpha value is -2.00. The van der Waals surface area contributed by atoms with Gasteiger partial charge >= 0.3 is 0 Å². The molecule has 2 N–H and O–H groups in total. The van der Waals surface area contributed by atoms with Crippen LogP contribution in [0.1, 0.15) is 29.2 Å². The summed E-state index contributed by atoms with van der Waals surface area (Å²) in [6.07, 6.45) is 1.98. The van der Waals surface area contributed by atoms with Gasteiger partial charge in [-0.3, -0.25) is 0 Å². The Morgan fingerprint density at radius 2 is 2.10 bits per heavy atom. The van der Waals surface area contributed by atoms with Gasteiger partial charge in [-0.2, -0.15) is 0 Å². The number of ether oxygens (including phenoxy) is 1. The van der Waals surface area contributed by atoms with Gasteiger partial charge in [0.15, 0.2) is 0 Å². The summed E-state index contributed by atoms with van der Waals surface area (Å²) in [5.74, 6) is 1.34. The van der Waals surface area contributed by atoms with Crippen LogP contribution in [0.3, 0.4) is 0 Å². The number of rotatable bonds is 5. The molecule has 1 aliphatic carbocycles. The van der Waals surface area contributed by atoms with Crippen molar-refractivity contribution in [2.75, 3.05) is 13.2 Å². The Morgan fingerprint density at radius 1 is 1.24 bits per heavy atom. The summed E-state index contributed by atoms with van der Waals surface area (Å²) in [7, 11) is 0. The molecule has 0 saturated carbocycles. The molecule has 110 valence electrons. The topological polar surface area (TPSA) is 41.5 Å². The molecule has 3 heteroatoms. The number of phenols is 1. The standard InChI is InChI=1S/C18H21NO2/c1-13-4-2-5-14(12-13)21-11-10-19-17-9-8-16-15(17)6-3-7-18(16)20/h2-7,12,17,19-20H,8-11H2,1H3. The van der Waals surface area contributed by atoms with Gasteiger partial charge in [0, 0.05) is 12.6 Å². The van der Waals surface area contributed by atoms with Crippen LogP contribution in [0.15, 0.2) is 42.5 Å². The van der Waals surface area contributed by atoms with Crippen molar-refractivity contribution < 1.29 is 9.84 Å². The van der Waals surface area contributed by atoms with Gasteiger partial charge in [0.2, 0.25) is 0 Å². The minimum absolute atomic E-state index is 0.327. The predicted molar refractivity (Wildman–Crippen MR) is 83.8 cm³/mol. The van der Waals surface area contributed by atoms with E-state index >= 15 is 0 Å². The van der Waals surface area contributed by atoms with Gasteiger partial charge in [0.05, 0.1) is 0 Å². The molecule has 0 bridgehead atoms. The van der Waals surface area contributed by atoms with Crippen LogP contribution < -0.4 is 10.1 Å². The predicted octanol–water partition coefficient (Wildman–Crippen LogP) is 3.36. The minimum atomic E-state index is 0.327. The van der Waals surface area contributed by atoms with E-state index in [1.165, 1.54) is 11.1 Å². The summed E-state index contributed by atoms with van der Waals surface area (Å²) < 4.78 is 5.75. The fraction of sp³-hybridized carbons (Fsp3) is 0.333. The van der Waals surface area contributed by atoms with Crippen LogP contribution in [0.4, 0.5) is 0 Å². The normalized spacial score (nSPS) is 16.7. The molecule has 1 atom stereocenters. The highest BCUT2D eigenvalue weighted by atomic mass is 16.5. The van der Waals surface area contributed by atoms with E-state index in [1.54, 1.807) is 6.07 Å². The van der Waals surface area contributed by atoms with Crippen molar-refractivity contribution in [1.29, 1.82) is 0 Å². The molecule has 0 amide bonds. The summed E-state index contributed by atoms with van der Waals surface area (Å²) in [6, 6.07) is 14.2. The molecule has 1 aliphatic rings. The van der Waals surface area contributed by atoms with E-state index in [0.717, 1.165) is 30.7 Å². The number of hydrogen-bond acceptors (Lipinski definition) is 3. The smallest absolute Gasteiger partial charge is 0.119 e. The Labute approximate surface area is 125 Å². The number of phenolic OH excluding ortho intramolecular Hbond substituents is 1. The van der Waals surface area contributed by atoms with Gasteiger partial charge < -0.3 is 15.2 Å². The third-order valence-electron chi connectivity index (χ3n) is 4.00. The molecule has 3 rings (SSSR count). The molecule has 2 aromatic carbocycles. The van der Waals surface area contributed by atoms with Crippen molar-refractivity contribution in [2.24, 2.45) is 0 Å². The van der Waals surface area contributed by atoms with E-state index in [9.17, 15) is 5.11 Å². The lowest BCUT2D eigenvalue weighted by atomic mass is 10.1. The van der Waals surface area contributed by atoms with Crippen LogP contribution >= 0.6 is 0 Å². The number of aryl methyl sites for hydroxylation is 1. The molecule has 2 aromatic rings. The quantitative estimate of drug-likeness (QED) is 0.827. The largest absolute Gasteiger partial charge is 0.508 e. The van der Waals surface area contributed by atoms with Gasteiger partial charge in [0.1, 0.15) is 18.1 Å². The number of nitrogens with one attached hydrogen (secondary N) is 1. The lowest BCUT2D eigenvalue weighted by Gasteiger charge is -2.14. The Balaban J connectivity index is 1.50. The van der Waals surface area contributed by atoms with Gasteiger partial charge in [-0.15, -0.1) is 0 Å². The molecule has 0 radical (unpaired) electrons. The van der Waals surface area contributed by atoms with E-state index in [2.05, 4.69) is 24.4 Å². The molecule has 1 unspecified atom stereocenters. The number of fused-ring (bicyclic) bond motifs is 1. The first-order chi connectivity index (χ1) is 10.2. The third-order valence-corrected chi connectivity index (χ3v) is 4.00. The molecule has 21 heavy (non-hydrogen) atoms. The highest BCUT2D eigenvalue weighted by Crippen LogP contribution is 2.35. The minimum Gasteiger partial charge on any atom is -0.508 e. The average molecular weight is 283 g/mol. The van der Waals surface area contributed by atoms with E-state index in [4.69, 9.17) is 4.74 Å². The lowest BCUT2D eigenvalue weighted by molar-refractivity contribution is 0.305. The molecule has 0 heterocycles. The van der Waals surface area contributed by atoms with Crippen molar-refractivity contribution >= 4 is 0 Å². The first-order valence-electron chi connectivity index (χ1n) is 7.47. The van der Waals surface area contributed by atoms with Gasteiger partial charge in [0.25, 0.3) is 0 Å². The zero-order chi connectivity index (χ0) is 14.7. The second kappa shape index (κ2) is 6.19. The van der Waals surface area contributed by atoms with Gasteiger partial charge in [-0.05, 0) is 54.7 Å². The van der Waals surface area contributed by atoms with E-state index in [1.807, 2.05) is 24.3 Å². The Kier molecular flexibility index (Phi) is 4.11. The maximum Gasteiger partial charge on any atom is 0.119 e. The molecule has 3 nitrogen and oxygen atoms in total. The zero-order valence-electron chi connectivity index (χ0n) is 12.3. The maximum absolute atomic E-state index is 9.84. The monoisotopic (exact) mass is 283 g/mol. The molecule has 0 aromatic heterocycles. The van der Waals surface area contributed by atoms with Crippen LogP contribution in [-0.4, -0.2) is 18.3 Å². The van der Waals surface area contributed by atoms with Gasteiger partial charge in [-0.1, -0.05) is 24.3 Å². The number of aromatic hydroxyl groups is 1. The summed E-state index contributed by atoms with van der Waals surface area (Å²) in [4.78, 5) is 0. The van der Waals surface area contributed by atoms with E-state index in [0.29, 0.717) is 18.4 Å². The lowest BCUT2D eigenvalue weighted by Crippen LogP contribution is -2.24. The van der Waals surface area contributed by atoms with Crippen molar-refractivity contribution in [1.82, 2.24) is 5.32 Å². The van der Waals surface area contributed by atoms with E-state index < -0.39 is 0 Å². The summed E-state index contributed by atoms with van der Waals surface area (Å²) >= 11 is 0. The van der Waals surface area contributed by atoms with Crippen molar-refractivity contribution in [3.8, 4) is 11.5 Å². The van der Waals surface area contributed by atoms with Crippen LogP contribution in [0.5, 0.6) is 11.5 Å². The van der Waals surface area contributed by atoms with Crippen molar-refractivity contribution in [3.05, 3.63) is 59.2 Å². The van der Waals surface area contributed by atoms with Crippen LogP contribution in [0.2, 0.25) is 0 Å². The summed E-state index contributed by atoms with van der Waals surface area (Å²) in [5, 5.41) is 13.4. The van der Waals surface area contributed by atoms with Gasteiger partial charge in [-0.25, -0.2) is 0 Å². The molecule has 0 fully saturated rings. The second-order valence-corrected chi connectivity index (χ2v) is 5.56. The molecular formula is C18H21NO2. The molecule has 0 aliphatic heterocycles. The van der Waals surface area contributed by atoms with Crippen LogP contribution in [0, 0.1) is 6.92 Å². The van der Waals surface area contributed by atoms with Crippen LogP contribution in [-0.2, 0) is 6.42 Å². The van der Waals surface area contributed by atoms with Crippen molar-refractivity contribution in [2.45, 2.75) is 25.8 Å². The second-order valence-electron chi connectivity index (χ2n) is 5.56. The summed E-state index contributed by atoms with van der Waals surface area (Å²) in [6.45, 7) is 3.51. The third kappa shape index (κ3) is 3.19. The molecular weight excluding hydrogens is 262 g/mol. The van der Waals surface area contributed by atoms with E-state index in [-0.39, 0.29) is 0 Å². The molecule has 0 saturated heterocycles. The summed E-state index contributed by atoms with van der Waals surface area (Å²) in [5.41, 5.74) is 3.53. The number of hydrogen-bond donors (Lipinski definition) is 2. The average Bonchev–Trinajstić information content (AvgIpc) is 2.88. The first-order valence-corrected chi connectivity index (χ1v) is 7.47. The SMILES string of the molecule is Cc1cccc(OCCNC2CCc3c(O)cccc32)c1. The van der Waals surface area contributed by atoms with Crippen molar-refractivity contribution in [3.63, 3.8) is 0 Å². The molecule has 0 spiro atoms. The van der Waals surface area contributed by atoms with Crippen LogP contribution in [0.25, 0.3) is 0 Å². The fourth-order valence-corrected chi connectivity index (χ4v) is 2.95. The first kappa shape index (κ1) is 14.0.